The summed E-state index contributed by atoms with van der Waals surface area (Å²) in [6.07, 6.45) is 1.16. The standard InChI is InChI=1S/C15H17BrN2S/c16-14-4-6-19-15(14)10-18-8-11-1-2-12-3-5-17-9-13(12)7-11/h1-2,4,6-7,17-18H,3,5,8-10H2. The molecule has 2 heterocycles. The second kappa shape index (κ2) is 6.18. The quantitative estimate of drug-likeness (QED) is 0.893. The van der Waals surface area contributed by atoms with Gasteiger partial charge in [0.25, 0.3) is 0 Å². The van der Waals surface area contributed by atoms with Crippen molar-refractivity contribution >= 4 is 27.3 Å². The van der Waals surface area contributed by atoms with E-state index in [0.29, 0.717) is 0 Å². The zero-order chi connectivity index (χ0) is 13.1. The summed E-state index contributed by atoms with van der Waals surface area (Å²) in [4.78, 5) is 1.36. The summed E-state index contributed by atoms with van der Waals surface area (Å²) in [5, 5.41) is 9.06. The van der Waals surface area contributed by atoms with Crippen molar-refractivity contribution < 1.29 is 0 Å². The van der Waals surface area contributed by atoms with Crippen LogP contribution in [0.3, 0.4) is 0 Å². The molecule has 0 unspecified atom stereocenters. The molecular formula is C15H17BrN2S. The molecule has 0 fully saturated rings. The van der Waals surface area contributed by atoms with E-state index in [1.807, 2.05) is 0 Å². The van der Waals surface area contributed by atoms with E-state index in [0.717, 1.165) is 32.6 Å². The van der Waals surface area contributed by atoms with Gasteiger partial charge in [0.1, 0.15) is 0 Å². The van der Waals surface area contributed by atoms with E-state index in [1.54, 1.807) is 11.3 Å². The Morgan fingerprint density at radius 2 is 2.16 bits per heavy atom. The minimum absolute atomic E-state index is 0.924. The number of nitrogens with one attached hydrogen (secondary N) is 2. The Bertz CT molecular complexity index is 565. The van der Waals surface area contributed by atoms with Crippen LogP contribution in [0.5, 0.6) is 0 Å². The minimum Gasteiger partial charge on any atom is -0.312 e. The molecule has 0 saturated heterocycles. The van der Waals surface area contributed by atoms with Crippen molar-refractivity contribution in [3.8, 4) is 0 Å². The summed E-state index contributed by atoms with van der Waals surface area (Å²) in [5.41, 5.74) is 4.33. The van der Waals surface area contributed by atoms with E-state index in [4.69, 9.17) is 0 Å². The summed E-state index contributed by atoms with van der Waals surface area (Å²) in [6, 6.07) is 8.97. The first-order valence-corrected chi connectivity index (χ1v) is 8.24. The Balaban J connectivity index is 1.59. The van der Waals surface area contributed by atoms with Gasteiger partial charge < -0.3 is 10.6 Å². The SMILES string of the molecule is Brc1ccsc1CNCc1ccc2c(c1)CNCC2. The molecule has 0 spiro atoms. The molecule has 2 nitrogen and oxygen atoms in total. The molecule has 2 N–H and O–H groups in total. The lowest BCUT2D eigenvalue weighted by Gasteiger charge is -2.18. The molecule has 2 aromatic rings. The molecule has 4 heteroatoms. The fourth-order valence-corrected chi connectivity index (χ4v) is 3.88. The molecule has 1 aromatic heterocycles. The number of hydrogen-bond acceptors (Lipinski definition) is 3. The Labute approximate surface area is 126 Å². The third-order valence-electron chi connectivity index (χ3n) is 3.46. The van der Waals surface area contributed by atoms with Gasteiger partial charge in [-0.05, 0) is 57.0 Å². The van der Waals surface area contributed by atoms with Crippen molar-refractivity contribution in [2.75, 3.05) is 6.54 Å². The summed E-state index contributed by atoms with van der Waals surface area (Å²) >= 11 is 5.35. The fourth-order valence-electron chi connectivity index (χ4n) is 2.42. The minimum atomic E-state index is 0.924. The molecule has 0 saturated carbocycles. The van der Waals surface area contributed by atoms with Gasteiger partial charge in [-0.3, -0.25) is 0 Å². The third-order valence-corrected chi connectivity index (χ3v) is 5.39. The van der Waals surface area contributed by atoms with Crippen molar-refractivity contribution in [3.05, 3.63) is 55.7 Å². The molecule has 19 heavy (non-hydrogen) atoms. The lowest BCUT2D eigenvalue weighted by molar-refractivity contribution is 0.639. The predicted molar refractivity (Wildman–Crippen MR) is 84.4 cm³/mol. The lowest BCUT2D eigenvalue weighted by Crippen LogP contribution is -2.24. The van der Waals surface area contributed by atoms with E-state index in [2.05, 4.69) is 56.2 Å². The van der Waals surface area contributed by atoms with Crippen LogP contribution in [0.15, 0.2) is 34.1 Å². The van der Waals surface area contributed by atoms with Gasteiger partial charge >= 0.3 is 0 Å². The van der Waals surface area contributed by atoms with E-state index in [9.17, 15) is 0 Å². The van der Waals surface area contributed by atoms with Crippen LogP contribution in [0.25, 0.3) is 0 Å². The van der Waals surface area contributed by atoms with Crippen molar-refractivity contribution in [1.82, 2.24) is 10.6 Å². The van der Waals surface area contributed by atoms with Crippen LogP contribution in [0.2, 0.25) is 0 Å². The average molecular weight is 337 g/mol. The summed E-state index contributed by atoms with van der Waals surface area (Å²) in [6.45, 7) is 3.97. The highest BCUT2D eigenvalue weighted by atomic mass is 79.9. The summed E-state index contributed by atoms with van der Waals surface area (Å²) < 4.78 is 1.21. The number of rotatable bonds is 4. The van der Waals surface area contributed by atoms with Gasteiger partial charge in [0.2, 0.25) is 0 Å². The highest BCUT2D eigenvalue weighted by Gasteiger charge is 2.08. The molecule has 0 bridgehead atoms. The Hall–Kier alpha value is -0.680. The highest BCUT2D eigenvalue weighted by molar-refractivity contribution is 9.10. The molecule has 0 radical (unpaired) electrons. The topological polar surface area (TPSA) is 24.1 Å². The van der Waals surface area contributed by atoms with Crippen LogP contribution in [0, 0.1) is 0 Å². The maximum absolute atomic E-state index is 3.56. The maximum Gasteiger partial charge on any atom is 0.0327 e. The summed E-state index contributed by atoms with van der Waals surface area (Å²) in [7, 11) is 0. The average Bonchev–Trinajstić information content (AvgIpc) is 2.84. The molecule has 0 amide bonds. The molecule has 1 aromatic carbocycles. The van der Waals surface area contributed by atoms with Gasteiger partial charge in [0.15, 0.2) is 0 Å². The molecule has 1 aliphatic heterocycles. The smallest absolute Gasteiger partial charge is 0.0327 e. The van der Waals surface area contributed by atoms with Crippen molar-refractivity contribution in [2.45, 2.75) is 26.1 Å². The van der Waals surface area contributed by atoms with Crippen LogP contribution in [-0.2, 0) is 26.1 Å². The van der Waals surface area contributed by atoms with Crippen LogP contribution in [0.1, 0.15) is 21.6 Å². The van der Waals surface area contributed by atoms with E-state index in [1.165, 1.54) is 26.0 Å². The highest BCUT2D eigenvalue weighted by Crippen LogP contribution is 2.22. The Kier molecular flexibility index (Phi) is 4.33. The largest absolute Gasteiger partial charge is 0.312 e. The van der Waals surface area contributed by atoms with Crippen LogP contribution < -0.4 is 10.6 Å². The summed E-state index contributed by atoms with van der Waals surface area (Å²) in [5.74, 6) is 0. The lowest BCUT2D eigenvalue weighted by atomic mass is 9.98. The van der Waals surface area contributed by atoms with E-state index in [-0.39, 0.29) is 0 Å². The first-order valence-electron chi connectivity index (χ1n) is 6.57. The predicted octanol–water partition coefficient (Wildman–Crippen LogP) is 3.45. The number of halogens is 1. The van der Waals surface area contributed by atoms with Gasteiger partial charge in [0.05, 0.1) is 0 Å². The Morgan fingerprint density at radius 3 is 3.00 bits per heavy atom. The molecule has 0 aliphatic carbocycles. The van der Waals surface area contributed by atoms with Gasteiger partial charge in [-0.15, -0.1) is 11.3 Å². The first kappa shape index (κ1) is 13.3. The normalized spacial score (nSPS) is 14.4. The van der Waals surface area contributed by atoms with Gasteiger partial charge in [-0.1, -0.05) is 18.2 Å². The molecular weight excluding hydrogens is 320 g/mol. The van der Waals surface area contributed by atoms with Gasteiger partial charge in [-0.2, -0.15) is 0 Å². The van der Waals surface area contributed by atoms with Gasteiger partial charge in [-0.25, -0.2) is 0 Å². The van der Waals surface area contributed by atoms with Crippen molar-refractivity contribution in [2.24, 2.45) is 0 Å². The zero-order valence-electron chi connectivity index (χ0n) is 10.7. The maximum atomic E-state index is 3.56. The zero-order valence-corrected chi connectivity index (χ0v) is 13.1. The monoisotopic (exact) mass is 336 g/mol. The van der Waals surface area contributed by atoms with Crippen molar-refractivity contribution in [1.29, 1.82) is 0 Å². The number of fused-ring (bicyclic) bond motifs is 1. The number of hydrogen-bond donors (Lipinski definition) is 2. The molecule has 3 rings (SSSR count). The third kappa shape index (κ3) is 3.26. The van der Waals surface area contributed by atoms with Crippen LogP contribution >= 0.6 is 27.3 Å². The van der Waals surface area contributed by atoms with Crippen LogP contribution in [-0.4, -0.2) is 6.54 Å². The van der Waals surface area contributed by atoms with Gasteiger partial charge in [0, 0.05) is 29.0 Å². The molecule has 100 valence electrons. The number of thiophene rings is 1. The Morgan fingerprint density at radius 1 is 1.21 bits per heavy atom. The second-order valence-corrected chi connectivity index (χ2v) is 6.68. The van der Waals surface area contributed by atoms with Crippen LogP contribution in [0.4, 0.5) is 0 Å². The fraction of sp³-hybridized carbons (Fsp3) is 0.333. The molecule has 0 atom stereocenters. The van der Waals surface area contributed by atoms with E-state index >= 15 is 0 Å². The first-order chi connectivity index (χ1) is 9.33. The van der Waals surface area contributed by atoms with Crippen molar-refractivity contribution in [3.63, 3.8) is 0 Å². The van der Waals surface area contributed by atoms with E-state index < -0.39 is 0 Å². The molecule has 1 aliphatic rings. The second-order valence-electron chi connectivity index (χ2n) is 4.83. The number of benzene rings is 1.